The zero-order valence-electron chi connectivity index (χ0n) is 56.8. The number of para-hydroxylation sites is 1. The fourth-order valence-electron chi connectivity index (χ4n) is 9.44. The van der Waals surface area contributed by atoms with Crippen LogP contribution in [-0.2, 0) is 27.1 Å². The van der Waals surface area contributed by atoms with Gasteiger partial charge < -0.3 is 5.11 Å². The minimum Gasteiger partial charge on any atom is -0.507 e. The Morgan fingerprint density at radius 2 is 1.21 bits per heavy atom. The standard InChI is InChI=1S/C66H77N3O/c1-18-66(17,19-2)53-24-21-23-52(64(11,12)13)58(53)45-30-31-56(42(4)34-45)69-57-25-20-22-50(59(57)68-61(69)51-39-49(63(8,9)10)40-54(60(51)70)65(14,15)16)46-35-47(37-48(36-46)62(5,6)7)55-38-44(32-33-67-55)43-28-26-41(3)27-29-43/h20-40,70H,18-19H2,1-17H3/i3D3,4D3,26D,27D,28D,29D,32D,33D,38D. The Balaban J connectivity index is 1.50. The molecular formula is C66H77N3O. The number of rotatable bonds is 9. The normalized spacial score (nSPS) is 15.8. The molecular weight excluding hydrogens is 851 g/mol. The lowest BCUT2D eigenvalue weighted by Crippen LogP contribution is -2.23. The molecule has 1 N–H and O–H groups in total. The van der Waals surface area contributed by atoms with Gasteiger partial charge >= 0.3 is 0 Å². The third-order valence-electron chi connectivity index (χ3n) is 14.2. The second-order valence-electron chi connectivity index (χ2n) is 23.3. The Morgan fingerprint density at radius 1 is 0.571 bits per heavy atom. The van der Waals surface area contributed by atoms with Gasteiger partial charge in [0.2, 0.25) is 0 Å². The van der Waals surface area contributed by atoms with Crippen molar-refractivity contribution in [2.45, 2.75) is 157 Å². The first kappa shape index (κ1) is 35.8. The van der Waals surface area contributed by atoms with Crippen molar-refractivity contribution >= 4 is 11.0 Å². The monoisotopic (exact) mass is 941 g/mol. The number of imidazole rings is 1. The lowest BCUT2D eigenvalue weighted by molar-refractivity contribution is 0.438. The van der Waals surface area contributed by atoms with Gasteiger partial charge in [0.1, 0.15) is 11.6 Å². The van der Waals surface area contributed by atoms with Gasteiger partial charge in [-0.3, -0.25) is 9.55 Å². The molecule has 0 saturated heterocycles. The molecule has 0 unspecified atom stereocenters. The fraction of sp³-hybridized carbons (Fsp3) is 0.364. The summed E-state index contributed by atoms with van der Waals surface area (Å²) in [5.41, 5.74) is 5.83. The van der Waals surface area contributed by atoms with Crippen molar-refractivity contribution in [3.63, 3.8) is 0 Å². The molecule has 362 valence electrons. The van der Waals surface area contributed by atoms with Crippen molar-refractivity contribution in [1.82, 2.24) is 14.5 Å². The Labute approximate surface area is 438 Å². The first-order chi connectivity index (χ1) is 38.1. The van der Waals surface area contributed by atoms with E-state index in [4.69, 9.17) is 17.3 Å². The average molecular weight is 941 g/mol. The Kier molecular flexibility index (Phi) is 9.29. The van der Waals surface area contributed by atoms with E-state index in [1.807, 2.05) is 101 Å². The molecule has 2 heterocycles. The molecule has 0 atom stereocenters. The van der Waals surface area contributed by atoms with E-state index < -0.39 is 89.1 Å². The van der Waals surface area contributed by atoms with E-state index >= 15 is 0 Å². The highest BCUT2D eigenvalue weighted by Crippen LogP contribution is 2.47. The van der Waals surface area contributed by atoms with Gasteiger partial charge in [-0.05, 0) is 158 Å². The lowest BCUT2D eigenvalue weighted by Gasteiger charge is -2.34. The van der Waals surface area contributed by atoms with Crippen LogP contribution in [0.3, 0.4) is 0 Å². The van der Waals surface area contributed by atoms with Crippen LogP contribution in [0.4, 0.5) is 0 Å². The van der Waals surface area contributed by atoms with Crippen LogP contribution in [0.5, 0.6) is 5.75 Å². The number of benzene rings is 6. The Morgan fingerprint density at radius 3 is 1.84 bits per heavy atom. The van der Waals surface area contributed by atoms with E-state index in [0.717, 1.165) is 46.2 Å². The topological polar surface area (TPSA) is 50.9 Å². The number of phenols is 1. The summed E-state index contributed by atoms with van der Waals surface area (Å²) in [5.74, 6) is 0.292. The van der Waals surface area contributed by atoms with Crippen LogP contribution in [0, 0.1) is 13.7 Å². The van der Waals surface area contributed by atoms with Gasteiger partial charge in [0.25, 0.3) is 0 Å². The molecule has 0 aliphatic heterocycles. The summed E-state index contributed by atoms with van der Waals surface area (Å²) in [6.07, 6.45) is 1.12. The third-order valence-corrected chi connectivity index (χ3v) is 14.2. The van der Waals surface area contributed by atoms with Crippen LogP contribution < -0.4 is 0 Å². The van der Waals surface area contributed by atoms with Crippen LogP contribution in [0.25, 0.3) is 72.7 Å². The Hall–Kier alpha value is -6.26. The van der Waals surface area contributed by atoms with Gasteiger partial charge in [0.05, 0.1) is 37.6 Å². The zero-order valence-corrected chi connectivity index (χ0v) is 43.8. The van der Waals surface area contributed by atoms with Gasteiger partial charge in [-0.2, -0.15) is 0 Å². The highest BCUT2D eigenvalue weighted by atomic mass is 16.3. The SMILES string of the molecule is [2H]c1nc(-c2cc(-c3cccc4c3nc(-c3cc(C(C)(C)C)cc(C(C)(C)C)c3O)n4-c3ccc(-c4c(C(C)(C)C)cccc4C(C)(CC)CC)cc3C([2H])([2H])[2H])cc(C(C)(C)C)c2)c([2H])c(-c2c([2H])c([2H])c(C([2H])([2H])[2H])c([2H])c2[2H])c1[2H]. The average Bonchev–Trinajstić information content (AvgIpc) is 2.02. The molecule has 0 bridgehead atoms. The van der Waals surface area contributed by atoms with Gasteiger partial charge in [-0.1, -0.05) is 182 Å². The molecule has 4 nitrogen and oxygen atoms in total. The molecule has 0 amide bonds. The highest BCUT2D eigenvalue weighted by molar-refractivity contribution is 5.97. The van der Waals surface area contributed by atoms with Crippen molar-refractivity contribution in [2.75, 3.05) is 0 Å². The van der Waals surface area contributed by atoms with E-state index in [2.05, 4.69) is 85.5 Å². The number of nitrogens with zero attached hydrogens (tertiary/aromatic N) is 3. The summed E-state index contributed by atoms with van der Waals surface area (Å²) >= 11 is 0. The van der Waals surface area contributed by atoms with E-state index in [0.29, 0.717) is 50.4 Å². The van der Waals surface area contributed by atoms with Crippen LogP contribution >= 0.6 is 0 Å². The third kappa shape index (κ3) is 9.51. The van der Waals surface area contributed by atoms with Crippen molar-refractivity contribution in [3.8, 4) is 67.5 Å². The summed E-state index contributed by atoms with van der Waals surface area (Å²) in [5, 5.41) is 12.7. The highest BCUT2D eigenvalue weighted by Gasteiger charge is 2.32. The summed E-state index contributed by atoms with van der Waals surface area (Å²) in [4.78, 5) is 9.97. The molecule has 8 rings (SSSR count). The molecule has 0 spiro atoms. The number of pyridine rings is 1. The van der Waals surface area contributed by atoms with Crippen LogP contribution in [0.15, 0.2) is 127 Å². The molecule has 0 aliphatic carbocycles. The molecule has 4 heteroatoms. The lowest BCUT2D eigenvalue weighted by atomic mass is 9.70. The summed E-state index contributed by atoms with van der Waals surface area (Å²) in [6.45, 7) is 25.9. The largest absolute Gasteiger partial charge is 0.507 e. The maximum absolute atomic E-state index is 12.7. The van der Waals surface area contributed by atoms with Gasteiger partial charge in [-0.15, -0.1) is 0 Å². The molecule has 0 aliphatic rings. The van der Waals surface area contributed by atoms with E-state index in [1.54, 1.807) is 12.1 Å². The number of aromatic hydroxyl groups is 1. The molecule has 6 aromatic carbocycles. The number of hydrogen-bond donors (Lipinski definition) is 1. The molecule has 8 aromatic rings. The van der Waals surface area contributed by atoms with Crippen LogP contribution in [0.1, 0.15) is 173 Å². The van der Waals surface area contributed by atoms with Gasteiger partial charge in [0.15, 0.2) is 0 Å². The van der Waals surface area contributed by atoms with E-state index in [-0.39, 0.29) is 27.8 Å². The van der Waals surface area contributed by atoms with Crippen LogP contribution in [0.2, 0.25) is 0 Å². The number of fused-ring (bicyclic) bond motifs is 1. The van der Waals surface area contributed by atoms with E-state index in [9.17, 15) is 10.6 Å². The minimum absolute atomic E-state index is 0.00136. The maximum atomic E-state index is 12.7. The Bertz CT molecular complexity index is 3860. The fourth-order valence-corrected chi connectivity index (χ4v) is 9.44. The summed E-state index contributed by atoms with van der Waals surface area (Å²) in [7, 11) is 0. The predicted octanol–water partition coefficient (Wildman–Crippen LogP) is 18.3. The maximum Gasteiger partial charge on any atom is 0.149 e. The smallest absolute Gasteiger partial charge is 0.149 e. The zero-order chi connectivity index (χ0) is 62.0. The van der Waals surface area contributed by atoms with Gasteiger partial charge in [0, 0.05) is 31.1 Å². The molecule has 0 fully saturated rings. The number of phenolic OH excluding ortho intramolecular Hbond substituents is 1. The first-order valence-electron chi connectivity index (χ1n) is 31.0. The number of aryl methyl sites for hydroxylation is 1. The van der Waals surface area contributed by atoms with Gasteiger partial charge in [-0.25, -0.2) is 4.98 Å². The quantitative estimate of drug-likeness (QED) is 0.157. The van der Waals surface area contributed by atoms with Crippen molar-refractivity contribution in [2.24, 2.45) is 0 Å². The summed E-state index contributed by atoms with van der Waals surface area (Å²) < 4.78 is 117. The second kappa shape index (κ2) is 18.2. The molecule has 0 saturated carbocycles. The van der Waals surface area contributed by atoms with Crippen molar-refractivity contribution in [1.29, 1.82) is 0 Å². The molecule has 0 radical (unpaired) electrons. The van der Waals surface area contributed by atoms with E-state index in [1.165, 1.54) is 0 Å². The number of aromatic nitrogens is 3. The van der Waals surface area contributed by atoms with Crippen molar-refractivity contribution in [3.05, 3.63) is 166 Å². The second-order valence-corrected chi connectivity index (χ2v) is 23.3. The minimum atomic E-state index is -3.00. The predicted molar refractivity (Wildman–Crippen MR) is 300 cm³/mol. The molecule has 2 aromatic heterocycles. The summed E-state index contributed by atoms with van der Waals surface area (Å²) in [6, 6.07) is 22.9. The van der Waals surface area contributed by atoms with Crippen LogP contribution in [-0.4, -0.2) is 19.6 Å². The first-order valence-corrected chi connectivity index (χ1v) is 24.5. The number of hydrogen-bond acceptors (Lipinski definition) is 3. The van der Waals surface area contributed by atoms with Crippen molar-refractivity contribution < 1.29 is 22.9 Å². The molecule has 70 heavy (non-hydrogen) atoms.